The van der Waals surface area contributed by atoms with Gasteiger partial charge in [0.05, 0.1) is 16.7 Å². The Morgan fingerprint density at radius 2 is 1.89 bits per heavy atom. The summed E-state index contributed by atoms with van der Waals surface area (Å²) < 4.78 is 16.8. The van der Waals surface area contributed by atoms with Crippen LogP contribution in [0.1, 0.15) is 35.6 Å². The summed E-state index contributed by atoms with van der Waals surface area (Å²) in [5.74, 6) is -0.548. The summed E-state index contributed by atoms with van der Waals surface area (Å²) >= 11 is 0. The van der Waals surface area contributed by atoms with E-state index in [1.807, 2.05) is 44.2 Å². The minimum absolute atomic E-state index is 0.00749. The molecule has 0 saturated heterocycles. The molecule has 0 aliphatic carbocycles. The zero-order valence-electron chi connectivity index (χ0n) is 15.3. The first-order chi connectivity index (χ1) is 12.9. The Morgan fingerprint density at radius 1 is 1.19 bits per heavy atom. The molecule has 8 heteroatoms. The molecule has 0 bridgehead atoms. The summed E-state index contributed by atoms with van der Waals surface area (Å²) in [6.07, 6.45) is 0. The lowest BCUT2D eigenvalue weighted by Crippen LogP contribution is -2.46. The molecule has 1 aromatic heterocycles. The van der Waals surface area contributed by atoms with Crippen LogP contribution in [0.3, 0.4) is 0 Å². The van der Waals surface area contributed by atoms with Gasteiger partial charge in [-0.25, -0.2) is 8.93 Å². The molecule has 27 heavy (non-hydrogen) atoms. The van der Waals surface area contributed by atoms with Crippen LogP contribution in [-0.2, 0) is 29.8 Å². The number of hydrogen-bond acceptors (Lipinski definition) is 4. The van der Waals surface area contributed by atoms with Crippen molar-refractivity contribution in [3.05, 3.63) is 63.6 Å². The highest BCUT2D eigenvalue weighted by molar-refractivity contribution is 7.82. The molecular weight excluding hydrogens is 366 g/mol. The lowest BCUT2D eigenvalue weighted by molar-refractivity contribution is 0.0639. The summed E-state index contributed by atoms with van der Waals surface area (Å²) in [5, 5.41) is 10.1. The molecule has 3 rings (SSSR count). The van der Waals surface area contributed by atoms with Crippen LogP contribution in [0.2, 0.25) is 0 Å². The molecule has 0 saturated carbocycles. The Hall–Kier alpha value is -2.45. The Morgan fingerprint density at radius 3 is 2.56 bits per heavy atom. The fourth-order valence-electron chi connectivity index (χ4n) is 3.17. The van der Waals surface area contributed by atoms with Crippen molar-refractivity contribution in [2.24, 2.45) is 0 Å². The van der Waals surface area contributed by atoms with Gasteiger partial charge in [-0.15, -0.1) is 0 Å². The van der Waals surface area contributed by atoms with Gasteiger partial charge in [0.25, 0.3) is 5.91 Å². The van der Waals surface area contributed by atoms with Gasteiger partial charge in [-0.2, -0.15) is 0 Å². The van der Waals surface area contributed by atoms with Crippen LogP contribution in [0.15, 0.2) is 41.2 Å². The number of pyridine rings is 1. The Bertz CT molecular complexity index is 925. The first-order valence-electron chi connectivity index (χ1n) is 8.81. The van der Waals surface area contributed by atoms with E-state index in [2.05, 4.69) is 4.72 Å². The van der Waals surface area contributed by atoms with Crippen LogP contribution in [0.4, 0.5) is 0 Å². The van der Waals surface area contributed by atoms with Crippen molar-refractivity contribution >= 4 is 16.9 Å². The standard InChI is InChI=1S/C19H23N3O4S/c1-13(2)21-8-9-22-15(10-16(23)18(24)17(22)19(21)25)11-20-27(26)12-14-6-4-3-5-7-14/h3-7,10,13,20,24H,8-9,11-12H2,1-2H3. The number of carbonyl (C=O) groups excluding carboxylic acids is 1. The van der Waals surface area contributed by atoms with Crippen LogP contribution in [0.5, 0.6) is 5.75 Å². The van der Waals surface area contributed by atoms with Crippen LogP contribution in [0, 0.1) is 0 Å². The van der Waals surface area contributed by atoms with E-state index in [0.717, 1.165) is 5.56 Å². The van der Waals surface area contributed by atoms with Crippen LogP contribution in [-0.4, -0.2) is 37.3 Å². The lowest BCUT2D eigenvalue weighted by atomic mass is 10.1. The van der Waals surface area contributed by atoms with Gasteiger partial charge in [0.1, 0.15) is 0 Å². The second-order valence-corrected chi connectivity index (χ2v) is 8.01. The number of fused-ring (bicyclic) bond motifs is 1. The second-order valence-electron chi connectivity index (χ2n) is 6.74. The molecule has 1 aliphatic heterocycles. The van der Waals surface area contributed by atoms with Crippen molar-refractivity contribution in [3.63, 3.8) is 0 Å². The molecule has 1 amide bonds. The van der Waals surface area contributed by atoms with Gasteiger partial charge in [-0.3, -0.25) is 9.59 Å². The molecule has 1 aliphatic rings. The van der Waals surface area contributed by atoms with Crippen molar-refractivity contribution in [3.8, 4) is 5.75 Å². The Kier molecular flexibility index (Phi) is 5.76. The van der Waals surface area contributed by atoms with Crippen molar-refractivity contribution in [2.45, 2.75) is 38.7 Å². The number of aromatic nitrogens is 1. The predicted octanol–water partition coefficient (Wildman–Crippen LogP) is 1.37. The lowest BCUT2D eigenvalue weighted by Gasteiger charge is -2.34. The van der Waals surface area contributed by atoms with E-state index in [4.69, 9.17) is 0 Å². The number of benzene rings is 1. The summed E-state index contributed by atoms with van der Waals surface area (Å²) in [4.78, 5) is 26.4. The topological polar surface area (TPSA) is 91.6 Å². The number of aromatic hydroxyl groups is 1. The normalized spacial score (nSPS) is 15.1. The SMILES string of the molecule is CC(C)N1CCn2c(CNS(=O)Cc3ccccc3)cc(=O)c(O)c2C1=O. The molecule has 2 N–H and O–H groups in total. The zero-order chi connectivity index (χ0) is 19.6. The molecule has 0 radical (unpaired) electrons. The number of hydrogen-bond donors (Lipinski definition) is 2. The van der Waals surface area contributed by atoms with Crippen molar-refractivity contribution < 1.29 is 14.1 Å². The number of amides is 1. The number of nitrogens with one attached hydrogen (secondary N) is 1. The molecule has 0 spiro atoms. The summed E-state index contributed by atoms with van der Waals surface area (Å²) in [6.45, 7) is 4.90. The van der Waals surface area contributed by atoms with E-state index in [1.165, 1.54) is 6.07 Å². The summed E-state index contributed by atoms with van der Waals surface area (Å²) in [7, 11) is -1.33. The second kappa shape index (κ2) is 8.06. The van der Waals surface area contributed by atoms with Gasteiger partial charge in [-0.05, 0) is 19.4 Å². The van der Waals surface area contributed by atoms with E-state index in [0.29, 0.717) is 24.5 Å². The maximum absolute atomic E-state index is 12.7. The summed E-state index contributed by atoms with van der Waals surface area (Å²) in [5.41, 5.74) is 0.876. The monoisotopic (exact) mass is 389 g/mol. The average Bonchev–Trinajstić information content (AvgIpc) is 2.64. The quantitative estimate of drug-likeness (QED) is 0.781. The fourth-order valence-corrected chi connectivity index (χ4v) is 4.08. The first kappa shape index (κ1) is 19.3. The summed E-state index contributed by atoms with van der Waals surface area (Å²) in [6, 6.07) is 10.7. The zero-order valence-corrected chi connectivity index (χ0v) is 16.2. The molecule has 7 nitrogen and oxygen atoms in total. The van der Waals surface area contributed by atoms with Gasteiger partial charge in [0, 0.05) is 37.4 Å². The van der Waals surface area contributed by atoms with E-state index in [-0.39, 0.29) is 24.2 Å². The number of nitrogens with zero attached hydrogens (tertiary/aromatic N) is 2. The average molecular weight is 389 g/mol. The molecule has 1 aromatic carbocycles. The molecule has 2 heterocycles. The van der Waals surface area contributed by atoms with E-state index in [9.17, 15) is 18.9 Å². The molecule has 1 atom stereocenters. The highest BCUT2D eigenvalue weighted by Gasteiger charge is 2.31. The van der Waals surface area contributed by atoms with Gasteiger partial charge >= 0.3 is 0 Å². The third-order valence-corrected chi connectivity index (χ3v) is 5.64. The predicted molar refractivity (Wildman–Crippen MR) is 104 cm³/mol. The minimum Gasteiger partial charge on any atom is -0.503 e. The smallest absolute Gasteiger partial charge is 0.274 e. The Balaban J connectivity index is 1.81. The van der Waals surface area contributed by atoms with Crippen molar-refractivity contribution in [2.75, 3.05) is 6.54 Å². The molecule has 2 aromatic rings. The van der Waals surface area contributed by atoms with E-state index < -0.39 is 22.2 Å². The number of carbonyl (C=O) groups is 1. The highest BCUT2D eigenvalue weighted by atomic mass is 32.2. The maximum Gasteiger partial charge on any atom is 0.274 e. The van der Waals surface area contributed by atoms with Gasteiger partial charge in [0.15, 0.2) is 11.4 Å². The molecule has 1 unspecified atom stereocenters. The van der Waals surface area contributed by atoms with Crippen molar-refractivity contribution in [1.82, 2.24) is 14.2 Å². The first-order valence-corrected chi connectivity index (χ1v) is 10.1. The van der Waals surface area contributed by atoms with Crippen LogP contribution < -0.4 is 10.2 Å². The van der Waals surface area contributed by atoms with E-state index >= 15 is 0 Å². The highest BCUT2D eigenvalue weighted by Crippen LogP contribution is 2.22. The van der Waals surface area contributed by atoms with Crippen molar-refractivity contribution in [1.29, 1.82) is 0 Å². The minimum atomic E-state index is -1.33. The largest absolute Gasteiger partial charge is 0.503 e. The van der Waals surface area contributed by atoms with Gasteiger partial charge < -0.3 is 14.6 Å². The third-order valence-electron chi connectivity index (χ3n) is 4.58. The van der Waals surface area contributed by atoms with E-state index in [1.54, 1.807) is 9.47 Å². The maximum atomic E-state index is 12.7. The number of rotatable bonds is 6. The molecule has 144 valence electrons. The Labute approximate surface area is 160 Å². The van der Waals surface area contributed by atoms with Gasteiger partial charge in [-0.1, -0.05) is 30.3 Å². The van der Waals surface area contributed by atoms with Crippen LogP contribution in [0.25, 0.3) is 0 Å². The molecule has 0 fully saturated rings. The molecular formula is C19H23N3O4S. The van der Waals surface area contributed by atoms with Crippen LogP contribution >= 0.6 is 0 Å². The fraction of sp³-hybridized carbons (Fsp3) is 0.368. The third kappa shape index (κ3) is 4.12. The van der Waals surface area contributed by atoms with Gasteiger partial charge in [0.2, 0.25) is 5.43 Å².